The molecule has 1 aromatic heterocycles. The van der Waals surface area contributed by atoms with E-state index >= 15 is 0 Å². The summed E-state index contributed by atoms with van der Waals surface area (Å²) in [6.45, 7) is 7.67. The number of aryl methyl sites for hydroxylation is 1. The van der Waals surface area contributed by atoms with Crippen molar-refractivity contribution in [1.29, 1.82) is 0 Å². The van der Waals surface area contributed by atoms with Crippen LogP contribution >= 0.6 is 11.6 Å². The van der Waals surface area contributed by atoms with E-state index in [1.807, 2.05) is 6.92 Å². The highest BCUT2D eigenvalue weighted by atomic mass is 35.5. The Morgan fingerprint density at radius 1 is 1.44 bits per heavy atom. The average Bonchev–Trinajstić information content (AvgIpc) is 2.22. The number of piperidine rings is 1. The molecule has 0 N–H and O–H groups in total. The fourth-order valence-electron chi connectivity index (χ4n) is 2.42. The summed E-state index contributed by atoms with van der Waals surface area (Å²) in [5.41, 5.74) is 1.10. The van der Waals surface area contributed by atoms with Crippen molar-refractivity contribution in [2.24, 2.45) is 5.92 Å². The second-order valence-corrected chi connectivity index (χ2v) is 5.16. The van der Waals surface area contributed by atoms with Crippen LogP contribution in [0.3, 0.4) is 0 Å². The van der Waals surface area contributed by atoms with Crippen LogP contribution in [0.2, 0.25) is 5.28 Å². The van der Waals surface area contributed by atoms with Crippen LogP contribution in [0.1, 0.15) is 32.3 Å². The first kappa shape index (κ1) is 11.6. The normalized spacial score (nSPS) is 25.9. The van der Waals surface area contributed by atoms with Crippen molar-refractivity contribution in [2.45, 2.75) is 39.7 Å². The fourth-order valence-corrected chi connectivity index (χ4v) is 2.55. The van der Waals surface area contributed by atoms with E-state index in [1.54, 1.807) is 6.20 Å². The number of nitrogens with zero attached hydrogens (tertiary/aromatic N) is 3. The third-order valence-electron chi connectivity index (χ3n) is 3.33. The second kappa shape index (κ2) is 4.58. The molecule has 1 aromatic rings. The van der Waals surface area contributed by atoms with E-state index < -0.39 is 0 Å². The topological polar surface area (TPSA) is 29.0 Å². The molecule has 2 unspecified atom stereocenters. The van der Waals surface area contributed by atoms with Crippen molar-refractivity contribution in [3.63, 3.8) is 0 Å². The van der Waals surface area contributed by atoms with Gasteiger partial charge in [0.1, 0.15) is 5.82 Å². The highest BCUT2D eigenvalue weighted by Gasteiger charge is 2.25. The maximum absolute atomic E-state index is 5.86. The molecular formula is C12H18ClN3. The fraction of sp³-hybridized carbons (Fsp3) is 0.667. The summed E-state index contributed by atoms with van der Waals surface area (Å²) < 4.78 is 0. The molecule has 3 nitrogen and oxygen atoms in total. The maximum atomic E-state index is 5.86. The first-order chi connectivity index (χ1) is 7.58. The number of hydrogen-bond acceptors (Lipinski definition) is 3. The molecule has 2 heterocycles. The molecule has 0 spiro atoms. The first-order valence-corrected chi connectivity index (χ1v) is 6.21. The Balaban J connectivity index is 2.26. The summed E-state index contributed by atoms with van der Waals surface area (Å²) in [5, 5.41) is 0.339. The highest BCUT2D eigenvalue weighted by Crippen LogP contribution is 2.28. The minimum atomic E-state index is 0.339. The van der Waals surface area contributed by atoms with E-state index in [4.69, 9.17) is 11.6 Å². The number of halogens is 1. The van der Waals surface area contributed by atoms with Crippen LogP contribution in [-0.2, 0) is 0 Å². The zero-order chi connectivity index (χ0) is 11.7. The molecule has 4 heteroatoms. The smallest absolute Gasteiger partial charge is 0.224 e. The van der Waals surface area contributed by atoms with E-state index in [-0.39, 0.29) is 0 Å². The lowest BCUT2D eigenvalue weighted by Gasteiger charge is -2.38. The van der Waals surface area contributed by atoms with Gasteiger partial charge in [0, 0.05) is 24.3 Å². The Labute approximate surface area is 102 Å². The molecule has 0 aromatic carbocycles. The number of anilines is 1. The van der Waals surface area contributed by atoms with Crippen LogP contribution in [0.5, 0.6) is 0 Å². The SMILES string of the molecule is Cc1cnc(Cl)nc1N1CCC(C)CC1C. The molecule has 1 aliphatic heterocycles. The van der Waals surface area contributed by atoms with Gasteiger partial charge >= 0.3 is 0 Å². The molecule has 0 aliphatic carbocycles. The third-order valence-corrected chi connectivity index (χ3v) is 3.51. The van der Waals surface area contributed by atoms with Crippen molar-refractivity contribution < 1.29 is 0 Å². The summed E-state index contributed by atoms with van der Waals surface area (Å²) in [6.07, 6.45) is 4.25. The summed E-state index contributed by atoms with van der Waals surface area (Å²) >= 11 is 5.86. The summed E-state index contributed by atoms with van der Waals surface area (Å²) in [7, 11) is 0. The molecule has 0 amide bonds. The Hall–Kier alpha value is -0.830. The molecule has 88 valence electrons. The molecule has 2 atom stereocenters. The van der Waals surface area contributed by atoms with Gasteiger partial charge in [0.25, 0.3) is 0 Å². The second-order valence-electron chi connectivity index (χ2n) is 4.82. The lowest BCUT2D eigenvalue weighted by atomic mass is 9.93. The lowest BCUT2D eigenvalue weighted by Crippen LogP contribution is -2.41. The zero-order valence-electron chi connectivity index (χ0n) is 10.1. The van der Waals surface area contributed by atoms with Gasteiger partial charge < -0.3 is 4.90 Å². The lowest BCUT2D eigenvalue weighted by molar-refractivity contribution is 0.375. The predicted molar refractivity (Wildman–Crippen MR) is 67.0 cm³/mol. The number of hydrogen-bond donors (Lipinski definition) is 0. The summed E-state index contributed by atoms with van der Waals surface area (Å²) in [5.74, 6) is 1.81. The molecule has 0 saturated carbocycles. The Morgan fingerprint density at radius 2 is 2.19 bits per heavy atom. The van der Waals surface area contributed by atoms with Gasteiger partial charge in [0.05, 0.1) is 0 Å². The van der Waals surface area contributed by atoms with Gasteiger partial charge in [-0.25, -0.2) is 9.97 Å². The van der Waals surface area contributed by atoms with Gasteiger partial charge in [-0.1, -0.05) is 6.92 Å². The van der Waals surface area contributed by atoms with Crippen molar-refractivity contribution in [1.82, 2.24) is 9.97 Å². The van der Waals surface area contributed by atoms with Crippen LogP contribution in [0.25, 0.3) is 0 Å². The van der Waals surface area contributed by atoms with E-state index in [1.165, 1.54) is 12.8 Å². The molecule has 0 bridgehead atoms. The molecule has 1 fully saturated rings. The van der Waals surface area contributed by atoms with Crippen LogP contribution in [0, 0.1) is 12.8 Å². The Bertz CT molecular complexity index is 381. The van der Waals surface area contributed by atoms with E-state index in [2.05, 4.69) is 28.7 Å². The molecule has 1 saturated heterocycles. The number of rotatable bonds is 1. The molecule has 16 heavy (non-hydrogen) atoms. The predicted octanol–water partition coefficient (Wildman–Crippen LogP) is 3.06. The molecule has 0 radical (unpaired) electrons. The van der Waals surface area contributed by atoms with Crippen LogP contribution in [-0.4, -0.2) is 22.6 Å². The van der Waals surface area contributed by atoms with Crippen molar-refractivity contribution in [3.8, 4) is 0 Å². The number of aromatic nitrogens is 2. The van der Waals surface area contributed by atoms with Crippen LogP contribution in [0.15, 0.2) is 6.20 Å². The zero-order valence-corrected chi connectivity index (χ0v) is 10.8. The van der Waals surface area contributed by atoms with Gasteiger partial charge in [-0.05, 0) is 44.2 Å². The molecule has 2 rings (SSSR count). The van der Waals surface area contributed by atoms with E-state index in [9.17, 15) is 0 Å². The quantitative estimate of drug-likeness (QED) is 0.706. The average molecular weight is 240 g/mol. The van der Waals surface area contributed by atoms with Gasteiger partial charge in [-0.2, -0.15) is 0 Å². The monoisotopic (exact) mass is 239 g/mol. The van der Waals surface area contributed by atoms with Crippen molar-refractivity contribution in [3.05, 3.63) is 17.0 Å². The van der Waals surface area contributed by atoms with Crippen LogP contribution in [0.4, 0.5) is 5.82 Å². The minimum absolute atomic E-state index is 0.339. The summed E-state index contributed by atoms with van der Waals surface area (Å²) in [6, 6.07) is 0.536. The Kier molecular flexibility index (Phi) is 3.33. The summed E-state index contributed by atoms with van der Waals surface area (Å²) in [4.78, 5) is 10.7. The van der Waals surface area contributed by atoms with Gasteiger partial charge in [0.2, 0.25) is 5.28 Å². The maximum Gasteiger partial charge on any atom is 0.224 e. The van der Waals surface area contributed by atoms with Crippen molar-refractivity contribution >= 4 is 17.4 Å². The third kappa shape index (κ3) is 2.29. The van der Waals surface area contributed by atoms with Crippen molar-refractivity contribution in [2.75, 3.05) is 11.4 Å². The van der Waals surface area contributed by atoms with E-state index in [0.717, 1.165) is 23.8 Å². The minimum Gasteiger partial charge on any atom is -0.354 e. The van der Waals surface area contributed by atoms with Gasteiger partial charge in [-0.3, -0.25) is 0 Å². The molecular weight excluding hydrogens is 222 g/mol. The standard InChI is InChI=1S/C12H18ClN3/c1-8-4-5-16(10(3)6-8)11-9(2)7-14-12(13)15-11/h7-8,10H,4-6H2,1-3H3. The van der Waals surface area contributed by atoms with Gasteiger partial charge in [0.15, 0.2) is 0 Å². The highest BCUT2D eigenvalue weighted by molar-refractivity contribution is 6.28. The largest absolute Gasteiger partial charge is 0.354 e. The first-order valence-electron chi connectivity index (χ1n) is 5.83. The van der Waals surface area contributed by atoms with Gasteiger partial charge in [-0.15, -0.1) is 0 Å². The molecule has 1 aliphatic rings. The van der Waals surface area contributed by atoms with E-state index in [0.29, 0.717) is 11.3 Å². The Morgan fingerprint density at radius 3 is 2.88 bits per heavy atom. The van der Waals surface area contributed by atoms with Crippen LogP contribution < -0.4 is 4.90 Å².